The van der Waals surface area contributed by atoms with Crippen molar-refractivity contribution in [2.24, 2.45) is 0 Å². The van der Waals surface area contributed by atoms with Crippen molar-refractivity contribution in [1.82, 2.24) is 0 Å². The van der Waals surface area contributed by atoms with Crippen molar-refractivity contribution in [2.75, 3.05) is 6.61 Å². The highest BCUT2D eigenvalue weighted by molar-refractivity contribution is 5.70. The van der Waals surface area contributed by atoms with Crippen LogP contribution >= 0.6 is 0 Å². The second-order valence-electron chi connectivity index (χ2n) is 4.83. The molecule has 3 nitrogen and oxygen atoms in total. The summed E-state index contributed by atoms with van der Waals surface area (Å²) in [6.45, 7) is 2.27. The molecule has 0 fully saturated rings. The van der Waals surface area contributed by atoms with Crippen molar-refractivity contribution in [2.45, 2.75) is 44.9 Å². The average molecular weight is 248 g/mol. The number of fused-ring (bicyclic) bond motifs is 1. The monoisotopic (exact) mass is 248 g/mol. The van der Waals surface area contributed by atoms with Crippen LogP contribution in [0.15, 0.2) is 18.2 Å². The minimum absolute atomic E-state index is 0.122. The molecule has 0 radical (unpaired) electrons. The Morgan fingerprint density at radius 3 is 3.06 bits per heavy atom. The molecule has 2 rings (SSSR count). The topological polar surface area (TPSA) is 46.5 Å². The molecule has 0 unspecified atom stereocenters. The van der Waals surface area contributed by atoms with Crippen LogP contribution in [0.5, 0.6) is 5.75 Å². The van der Waals surface area contributed by atoms with Gasteiger partial charge in [0.1, 0.15) is 5.75 Å². The van der Waals surface area contributed by atoms with Gasteiger partial charge in [0.25, 0.3) is 0 Å². The first kappa shape index (κ1) is 12.9. The van der Waals surface area contributed by atoms with Gasteiger partial charge in [0.2, 0.25) is 0 Å². The number of phenolic OH excluding ortho intramolecular Hbond substituents is 1. The van der Waals surface area contributed by atoms with Crippen LogP contribution in [0.1, 0.15) is 49.7 Å². The Kier molecular flexibility index (Phi) is 4.24. The molecule has 1 aliphatic carbocycles. The van der Waals surface area contributed by atoms with E-state index in [-0.39, 0.29) is 11.9 Å². The number of aromatic hydroxyl groups is 1. The smallest absolute Gasteiger partial charge is 0.306 e. The van der Waals surface area contributed by atoms with Gasteiger partial charge in [0.05, 0.1) is 13.0 Å². The summed E-state index contributed by atoms with van der Waals surface area (Å²) in [4.78, 5) is 11.6. The summed E-state index contributed by atoms with van der Waals surface area (Å²) in [5.41, 5.74) is 2.39. The van der Waals surface area contributed by atoms with Gasteiger partial charge < -0.3 is 9.84 Å². The molecule has 0 spiro atoms. The van der Waals surface area contributed by atoms with Crippen LogP contribution in [-0.4, -0.2) is 17.7 Å². The van der Waals surface area contributed by atoms with E-state index in [1.54, 1.807) is 6.07 Å². The summed E-state index contributed by atoms with van der Waals surface area (Å²) >= 11 is 0. The number of phenols is 1. The van der Waals surface area contributed by atoms with Crippen LogP contribution in [0.4, 0.5) is 0 Å². The third kappa shape index (κ3) is 3.03. The molecule has 0 aliphatic heterocycles. The fourth-order valence-corrected chi connectivity index (χ4v) is 2.70. The van der Waals surface area contributed by atoms with Gasteiger partial charge in [-0.3, -0.25) is 4.79 Å². The molecule has 0 saturated heterocycles. The number of carbonyl (C=O) groups excluding carboxylic acids is 1. The van der Waals surface area contributed by atoms with E-state index in [2.05, 4.69) is 0 Å². The second-order valence-corrected chi connectivity index (χ2v) is 4.83. The number of rotatable bonds is 3. The Labute approximate surface area is 108 Å². The van der Waals surface area contributed by atoms with E-state index in [9.17, 15) is 9.90 Å². The summed E-state index contributed by atoms with van der Waals surface area (Å²) in [5.74, 6) is 0.427. The lowest BCUT2D eigenvalue weighted by Crippen LogP contribution is -2.11. The number of esters is 1. The van der Waals surface area contributed by atoms with Gasteiger partial charge in [-0.2, -0.15) is 0 Å². The molecule has 1 aromatic carbocycles. The predicted octanol–water partition coefficient (Wildman–Crippen LogP) is 3.16. The van der Waals surface area contributed by atoms with Crippen LogP contribution in [0.2, 0.25) is 0 Å². The van der Waals surface area contributed by atoms with Gasteiger partial charge in [0.15, 0.2) is 0 Å². The zero-order valence-corrected chi connectivity index (χ0v) is 10.8. The summed E-state index contributed by atoms with van der Waals surface area (Å²) in [6.07, 6.45) is 4.71. The SMILES string of the molecule is CCOC(=O)C[C@H]1CCCCc2cc(O)ccc21. The first-order chi connectivity index (χ1) is 8.70. The lowest BCUT2D eigenvalue weighted by atomic mass is 9.90. The maximum Gasteiger partial charge on any atom is 0.306 e. The molecule has 1 aliphatic rings. The zero-order valence-electron chi connectivity index (χ0n) is 10.8. The molecule has 0 saturated carbocycles. The van der Waals surface area contributed by atoms with Crippen LogP contribution in [0.3, 0.4) is 0 Å². The highest BCUT2D eigenvalue weighted by Crippen LogP contribution is 2.34. The van der Waals surface area contributed by atoms with E-state index >= 15 is 0 Å². The standard InChI is InChI=1S/C15H20O3/c1-2-18-15(17)10-12-6-4-3-5-11-9-13(16)7-8-14(11)12/h7-9,12,16H,2-6,10H2,1H3/t12-/m1/s1. The van der Waals surface area contributed by atoms with Crippen molar-refractivity contribution in [3.8, 4) is 5.75 Å². The van der Waals surface area contributed by atoms with Gasteiger partial charge in [0, 0.05) is 0 Å². The van der Waals surface area contributed by atoms with E-state index in [0.717, 1.165) is 25.7 Å². The van der Waals surface area contributed by atoms with E-state index in [0.29, 0.717) is 18.8 Å². The van der Waals surface area contributed by atoms with Crippen LogP contribution in [-0.2, 0) is 16.0 Å². The lowest BCUT2D eigenvalue weighted by Gasteiger charge is -2.17. The van der Waals surface area contributed by atoms with Gasteiger partial charge in [-0.1, -0.05) is 12.5 Å². The predicted molar refractivity (Wildman–Crippen MR) is 69.7 cm³/mol. The van der Waals surface area contributed by atoms with Crippen molar-refractivity contribution >= 4 is 5.97 Å². The summed E-state index contributed by atoms with van der Waals surface area (Å²) in [6, 6.07) is 5.50. The molecule has 3 heteroatoms. The number of ether oxygens (including phenoxy) is 1. The van der Waals surface area contributed by atoms with Crippen molar-refractivity contribution < 1.29 is 14.6 Å². The molecular formula is C15H20O3. The Morgan fingerprint density at radius 2 is 2.28 bits per heavy atom. The highest BCUT2D eigenvalue weighted by atomic mass is 16.5. The molecule has 98 valence electrons. The van der Waals surface area contributed by atoms with Crippen molar-refractivity contribution in [3.63, 3.8) is 0 Å². The summed E-state index contributed by atoms with van der Waals surface area (Å²) in [7, 11) is 0. The number of benzene rings is 1. The quantitative estimate of drug-likeness (QED) is 0.660. The minimum atomic E-state index is -0.122. The van der Waals surface area contributed by atoms with E-state index in [4.69, 9.17) is 4.74 Å². The summed E-state index contributed by atoms with van der Waals surface area (Å²) in [5, 5.41) is 9.54. The van der Waals surface area contributed by atoms with Crippen LogP contribution in [0, 0.1) is 0 Å². The van der Waals surface area contributed by atoms with Crippen LogP contribution in [0.25, 0.3) is 0 Å². The third-order valence-electron chi connectivity index (χ3n) is 3.53. The van der Waals surface area contributed by atoms with E-state index in [1.165, 1.54) is 11.1 Å². The number of hydrogen-bond acceptors (Lipinski definition) is 3. The van der Waals surface area contributed by atoms with Gasteiger partial charge >= 0.3 is 5.97 Å². The molecule has 1 aromatic rings. The Morgan fingerprint density at radius 1 is 1.44 bits per heavy atom. The molecular weight excluding hydrogens is 228 g/mol. The maximum absolute atomic E-state index is 11.6. The van der Waals surface area contributed by atoms with Gasteiger partial charge in [-0.05, 0) is 55.4 Å². The number of aryl methyl sites for hydroxylation is 1. The molecule has 0 amide bonds. The minimum Gasteiger partial charge on any atom is -0.508 e. The first-order valence-electron chi connectivity index (χ1n) is 6.68. The molecule has 1 N–H and O–H groups in total. The zero-order chi connectivity index (χ0) is 13.0. The van der Waals surface area contributed by atoms with Crippen molar-refractivity contribution in [1.29, 1.82) is 0 Å². The lowest BCUT2D eigenvalue weighted by molar-refractivity contribution is -0.143. The summed E-state index contributed by atoms with van der Waals surface area (Å²) < 4.78 is 5.04. The number of hydrogen-bond donors (Lipinski definition) is 1. The average Bonchev–Trinajstić information content (AvgIpc) is 2.52. The fourth-order valence-electron chi connectivity index (χ4n) is 2.70. The maximum atomic E-state index is 11.6. The highest BCUT2D eigenvalue weighted by Gasteiger charge is 2.22. The second kappa shape index (κ2) is 5.89. The first-order valence-corrected chi connectivity index (χ1v) is 6.68. The van der Waals surface area contributed by atoms with E-state index in [1.807, 2.05) is 19.1 Å². The molecule has 0 aromatic heterocycles. The largest absolute Gasteiger partial charge is 0.508 e. The van der Waals surface area contributed by atoms with Crippen LogP contribution < -0.4 is 0 Å². The fraction of sp³-hybridized carbons (Fsp3) is 0.533. The molecule has 1 atom stereocenters. The Bertz CT molecular complexity index is 426. The van der Waals surface area contributed by atoms with Gasteiger partial charge in [-0.25, -0.2) is 0 Å². The molecule has 0 heterocycles. The number of carbonyl (C=O) groups is 1. The molecule has 18 heavy (non-hydrogen) atoms. The molecule has 0 bridgehead atoms. The van der Waals surface area contributed by atoms with Crippen molar-refractivity contribution in [3.05, 3.63) is 29.3 Å². The third-order valence-corrected chi connectivity index (χ3v) is 3.53. The Balaban J connectivity index is 2.19. The van der Waals surface area contributed by atoms with E-state index < -0.39 is 0 Å². The normalized spacial score (nSPS) is 18.8. The Hall–Kier alpha value is -1.51. The van der Waals surface area contributed by atoms with Gasteiger partial charge in [-0.15, -0.1) is 0 Å².